The lowest BCUT2D eigenvalue weighted by Crippen LogP contribution is -2.19. The maximum absolute atomic E-state index is 12.8. The highest BCUT2D eigenvalue weighted by atomic mass is 32.1. The number of nitrogens with one attached hydrogen (secondary N) is 3. The van der Waals surface area contributed by atoms with Crippen LogP contribution in [0.15, 0.2) is 48.5 Å². The first-order valence-electron chi connectivity index (χ1n) is 8.72. The predicted octanol–water partition coefficient (Wildman–Crippen LogP) is 5.68. The quantitative estimate of drug-likeness (QED) is 0.494. The molecule has 3 N–H and O–H groups in total. The maximum atomic E-state index is 12.8. The van der Waals surface area contributed by atoms with Crippen LogP contribution >= 0.6 is 11.3 Å². The number of amides is 3. The van der Waals surface area contributed by atoms with Crippen LogP contribution in [0.2, 0.25) is 0 Å². The number of anilines is 3. The predicted molar refractivity (Wildman–Crippen MR) is 110 cm³/mol. The number of alkyl halides is 3. The van der Waals surface area contributed by atoms with Gasteiger partial charge in [0.15, 0.2) is 5.13 Å². The fraction of sp³-hybridized carbons (Fsp3) is 0.150. The molecule has 0 spiro atoms. The normalized spacial score (nSPS) is 11.1. The minimum atomic E-state index is -4.51. The van der Waals surface area contributed by atoms with E-state index in [1.54, 1.807) is 19.1 Å². The first kappa shape index (κ1) is 21.3. The molecule has 0 unspecified atom stereocenters. The van der Waals surface area contributed by atoms with Crippen molar-refractivity contribution in [1.29, 1.82) is 0 Å². The summed E-state index contributed by atoms with van der Waals surface area (Å²) in [4.78, 5) is 28.9. The van der Waals surface area contributed by atoms with Crippen molar-refractivity contribution in [2.24, 2.45) is 0 Å². The van der Waals surface area contributed by atoms with E-state index in [9.17, 15) is 22.8 Å². The van der Waals surface area contributed by atoms with Crippen molar-refractivity contribution in [3.63, 3.8) is 0 Å². The second-order valence-corrected chi connectivity index (χ2v) is 7.41. The van der Waals surface area contributed by atoms with Gasteiger partial charge in [-0.25, -0.2) is 9.78 Å². The zero-order valence-corrected chi connectivity index (χ0v) is 16.7. The second kappa shape index (κ2) is 8.54. The molecule has 0 atom stereocenters. The molecule has 2 aromatic carbocycles. The number of carbonyl (C=O) groups is 2. The Balaban J connectivity index is 1.67. The Morgan fingerprint density at radius 1 is 0.933 bits per heavy atom. The van der Waals surface area contributed by atoms with Gasteiger partial charge in [-0.1, -0.05) is 35.1 Å². The standard InChI is InChI=1S/C20H17F3N4O2S/c1-11-6-8-14(9-7-11)26-18(29)27-19-24-12(2)16(30-19)17(28)25-15-5-3-4-13(10-15)20(21,22)23/h3-10H,1-2H3,(H,25,28)(H2,24,26,27,29). The smallest absolute Gasteiger partial charge is 0.321 e. The van der Waals surface area contributed by atoms with E-state index in [-0.39, 0.29) is 15.7 Å². The van der Waals surface area contributed by atoms with Crippen LogP contribution < -0.4 is 16.0 Å². The van der Waals surface area contributed by atoms with Crippen LogP contribution in [0.5, 0.6) is 0 Å². The van der Waals surface area contributed by atoms with Crippen LogP contribution in [-0.2, 0) is 6.18 Å². The topological polar surface area (TPSA) is 83.1 Å². The summed E-state index contributed by atoms with van der Waals surface area (Å²) in [6, 6.07) is 11.0. The third kappa shape index (κ3) is 5.35. The number of benzene rings is 2. The number of hydrogen-bond donors (Lipinski definition) is 3. The van der Waals surface area contributed by atoms with Crippen LogP contribution in [0.4, 0.5) is 34.5 Å². The molecule has 3 amide bonds. The van der Waals surface area contributed by atoms with E-state index in [0.717, 1.165) is 29.0 Å². The number of aromatic nitrogens is 1. The van der Waals surface area contributed by atoms with Gasteiger partial charge < -0.3 is 10.6 Å². The number of hydrogen-bond acceptors (Lipinski definition) is 4. The van der Waals surface area contributed by atoms with Gasteiger partial charge in [-0.15, -0.1) is 0 Å². The fourth-order valence-corrected chi connectivity index (χ4v) is 3.37. The van der Waals surface area contributed by atoms with Gasteiger partial charge in [0.05, 0.1) is 11.3 Å². The van der Waals surface area contributed by atoms with E-state index in [1.807, 2.05) is 19.1 Å². The second-order valence-electron chi connectivity index (χ2n) is 6.41. The Morgan fingerprint density at radius 2 is 1.63 bits per heavy atom. The molecule has 30 heavy (non-hydrogen) atoms. The molecule has 0 bridgehead atoms. The van der Waals surface area contributed by atoms with Crippen LogP contribution in [0.1, 0.15) is 26.5 Å². The monoisotopic (exact) mass is 434 g/mol. The van der Waals surface area contributed by atoms with Gasteiger partial charge >= 0.3 is 12.2 Å². The Morgan fingerprint density at radius 3 is 2.30 bits per heavy atom. The van der Waals surface area contributed by atoms with Crippen LogP contribution in [0, 0.1) is 13.8 Å². The van der Waals surface area contributed by atoms with Crippen molar-refractivity contribution in [3.05, 3.63) is 70.2 Å². The molecule has 3 rings (SSSR count). The number of nitrogens with zero attached hydrogens (tertiary/aromatic N) is 1. The highest BCUT2D eigenvalue weighted by molar-refractivity contribution is 7.17. The molecule has 0 saturated carbocycles. The average molecular weight is 434 g/mol. The van der Waals surface area contributed by atoms with Gasteiger partial charge in [-0.05, 0) is 44.2 Å². The molecule has 0 radical (unpaired) electrons. The van der Waals surface area contributed by atoms with Crippen molar-refractivity contribution < 1.29 is 22.8 Å². The minimum Gasteiger partial charge on any atom is -0.321 e. The zero-order chi connectivity index (χ0) is 21.9. The molecule has 6 nitrogen and oxygen atoms in total. The molecular weight excluding hydrogens is 417 g/mol. The highest BCUT2D eigenvalue weighted by Gasteiger charge is 2.30. The summed E-state index contributed by atoms with van der Waals surface area (Å²) < 4.78 is 38.5. The molecule has 0 aliphatic heterocycles. The van der Waals surface area contributed by atoms with Gasteiger partial charge in [-0.2, -0.15) is 13.2 Å². The van der Waals surface area contributed by atoms with Gasteiger partial charge in [0, 0.05) is 11.4 Å². The molecule has 0 aliphatic rings. The number of carbonyl (C=O) groups excluding carboxylic acids is 2. The Kier molecular flexibility index (Phi) is 6.06. The SMILES string of the molecule is Cc1ccc(NC(=O)Nc2nc(C)c(C(=O)Nc3cccc(C(F)(F)F)c3)s2)cc1. The van der Waals surface area contributed by atoms with Crippen LogP contribution in [-0.4, -0.2) is 16.9 Å². The molecule has 1 aromatic heterocycles. The lowest BCUT2D eigenvalue weighted by atomic mass is 10.2. The Hall–Kier alpha value is -3.40. The van der Waals surface area contributed by atoms with E-state index in [2.05, 4.69) is 20.9 Å². The number of halogens is 3. The number of thiazole rings is 1. The van der Waals surface area contributed by atoms with Crippen molar-refractivity contribution in [2.75, 3.05) is 16.0 Å². The van der Waals surface area contributed by atoms with Gasteiger partial charge in [0.1, 0.15) is 4.88 Å². The highest BCUT2D eigenvalue weighted by Crippen LogP contribution is 2.31. The molecule has 3 aromatic rings. The summed E-state index contributed by atoms with van der Waals surface area (Å²) in [6.07, 6.45) is -4.51. The first-order valence-corrected chi connectivity index (χ1v) is 9.54. The lowest BCUT2D eigenvalue weighted by Gasteiger charge is -2.09. The molecular formula is C20H17F3N4O2S. The van der Waals surface area contributed by atoms with Crippen molar-refractivity contribution in [1.82, 2.24) is 4.98 Å². The van der Waals surface area contributed by atoms with Gasteiger partial charge in [-0.3, -0.25) is 10.1 Å². The molecule has 0 saturated heterocycles. The number of urea groups is 1. The number of rotatable bonds is 4. The molecule has 0 fully saturated rings. The lowest BCUT2D eigenvalue weighted by molar-refractivity contribution is -0.137. The summed E-state index contributed by atoms with van der Waals surface area (Å²) in [7, 11) is 0. The molecule has 10 heteroatoms. The van der Waals surface area contributed by atoms with Gasteiger partial charge in [0.25, 0.3) is 5.91 Å². The Labute approximate surface area is 174 Å². The fourth-order valence-electron chi connectivity index (χ4n) is 2.52. The van der Waals surface area contributed by atoms with Gasteiger partial charge in [0.2, 0.25) is 0 Å². The average Bonchev–Trinajstić information content (AvgIpc) is 3.03. The summed E-state index contributed by atoms with van der Waals surface area (Å²) in [5, 5.41) is 7.80. The van der Waals surface area contributed by atoms with E-state index in [1.165, 1.54) is 12.1 Å². The molecule has 0 aliphatic carbocycles. The summed E-state index contributed by atoms with van der Waals surface area (Å²) in [5.74, 6) is -0.615. The summed E-state index contributed by atoms with van der Waals surface area (Å²) >= 11 is 0.921. The van der Waals surface area contributed by atoms with E-state index < -0.39 is 23.7 Å². The van der Waals surface area contributed by atoms with Crippen molar-refractivity contribution in [2.45, 2.75) is 20.0 Å². The summed E-state index contributed by atoms with van der Waals surface area (Å²) in [5.41, 5.74) is 1.13. The Bertz CT molecular complexity index is 1080. The molecule has 1 heterocycles. The largest absolute Gasteiger partial charge is 0.416 e. The van der Waals surface area contributed by atoms with Crippen molar-refractivity contribution >= 4 is 39.8 Å². The third-order valence-electron chi connectivity index (χ3n) is 3.98. The minimum absolute atomic E-state index is 0.00856. The zero-order valence-electron chi connectivity index (χ0n) is 15.9. The first-order chi connectivity index (χ1) is 14.1. The van der Waals surface area contributed by atoms with E-state index in [0.29, 0.717) is 11.4 Å². The van der Waals surface area contributed by atoms with Crippen LogP contribution in [0.25, 0.3) is 0 Å². The van der Waals surface area contributed by atoms with E-state index >= 15 is 0 Å². The molecule has 156 valence electrons. The third-order valence-corrected chi connectivity index (χ3v) is 5.05. The number of aryl methyl sites for hydroxylation is 2. The van der Waals surface area contributed by atoms with Crippen LogP contribution in [0.3, 0.4) is 0 Å². The van der Waals surface area contributed by atoms with E-state index in [4.69, 9.17) is 0 Å². The van der Waals surface area contributed by atoms with Crippen molar-refractivity contribution in [3.8, 4) is 0 Å². The maximum Gasteiger partial charge on any atom is 0.416 e. The summed E-state index contributed by atoms with van der Waals surface area (Å²) in [6.45, 7) is 3.49.